The number of sulfonamides is 1. The van der Waals surface area contributed by atoms with E-state index in [0.29, 0.717) is 56.8 Å². The Kier molecular flexibility index (Phi) is 10.3. The van der Waals surface area contributed by atoms with E-state index in [0.717, 1.165) is 24.8 Å². The molecule has 2 amide bonds. The number of rotatable bonds is 11. The highest BCUT2D eigenvalue weighted by Gasteiger charge is 2.36. The molecule has 1 saturated heterocycles. The van der Waals surface area contributed by atoms with Crippen molar-refractivity contribution in [2.24, 2.45) is 0 Å². The van der Waals surface area contributed by atoms with Crippen LogP contribution < -0.4 is 21.0 Å². The summed E-state index contributed by atoms with van der Waals surface area (Å²) >= 11 is 0. The lowest BCUT2D eigenvalue weighted by atomic mass is 9.89. The fourth-order valence-corrected chi connectivity index (χ4v) is 7.30. The van der Waals surface area contributed by atoms with Gasteiger partial charge in [0.2, 0.25) is 15.9 Å². The molecule has 5 rings (SSSR count). The zero-order chi connectivity index (χ0) is 31.1. The van der Waals surface area contributed by atoms with Crippen LogP contribution in [0.25, 0.3) is 11.3 Å². The molecular weight excluding hydrogens is 580 g/mol. The Morgan fingerprint density at radius 1 is 0.955 bits per heavy atom. The quantitative estimate of drug-likeness (QED) is 0.282. The molecular formula is C32H42N6O5S. The van der Waals surface area contributed by atoms with Crippen molar-refractivity contribution in [2.75, 3.05) is 32.7 Å². The molecule has 2 atom stereocenters. The fourth-order valence-electron chi connectivity index (χ4n) is 6.21. The molecule has 3 aromatic rings. The van der Waals surface area contributed by atoms with Gasteiger partial charge in [-0.2, -0.15) is 0 Å². The van der Waals surface area contributed by atoms with Gasteiger partial charge in [0, 0.05) is 57.3 Å². The average molecular weight is 623 g/mol. The molecule has 1 aliphatic heterocycles. The van der Waals surface area contributed by atoms with Crippen LogP contribution in [0.1, 0.15) is 62.0 Å². The van der Waals surface area contributed by atoms with E-state index < -0.39 is 10.0 Å². The van der Waals surface area contributed by atoms with Crippen LogP contribution >= 0.6 is 0 Å². The largest absolute Gasteiger partial charge is 0.351 e. The highest BCUT2D eigenvalue weighted by molar-refractivity contribution is 7.89. The molecule has 1 aliphatic carbocycles. The molecule has 44 heavy (non-hydrogen) atoms. The summed E-state index contributed by atoms with van der Waals surface area (Å²) in [4.78, 5) is 43.2. The van der Waals surface area contributed by atoms with E-state index in [1.165, 1.54) is 16.7 Å². The van der Waals surface area contributed by atoms with E-state index in [1.54, 1.807) is 27.7 Å². The summed E-state index contributed by atoms with van der Waals surface area (Å²) < 4.78 is 31.5. The SMILES string of the molecule is CCC(=O)N[C@H]1CCCCC1n1c(-c2ccccc2)c(C(=O)N2CCNCC2)n(CCCNS(=O)(=O)c2ccccc2)c1=O. The van der Waals surface area contributed by atoms with Crippen molar-refractivity contribution in [1.29, 1.82) is 0 Å². The lowest BCUT2D eigenvalue weighted by Gasteiger charge is -2.34. The lowest BCUT2D eigenvalue weighted by molar-refractivity contribution is -0.122. The minimum absolute atomic E-state index is 0.0709. The second-order valence-electron chi connectivity index (χ2n) is 11.4. The zero-order valence-corrected chi connectivity index (χ0v) is 26.0. The number of carbonyl (C=O) groups excluding carboxylic acids is 2. The first-order chi connectivity index (χ1) is 21.3. The van der Waals surface area contributed by atoms with Crippen molar-refractivity contribution < 1.29 is 18.0 Å². The zero-order valence-electron chi connectivity index (χ0n) is 25.2. The van der Waals surface area contributed by atoms with Crippen molar-refractivity contribution in [3.63, 3.8) is 0 Å². The molecule has 2 aliphatic rings. The number of carbonyl (C=O) groups is 2. The van der Waals surface area contributed by atoms with Crippen LogP contribution in [0.5, 0.6) is 0 Å². The maximum Gasteiger partial charge on any atom is 0.329 e. The monoisotopic (exact) mass is 622 g/mol. The molecule has 12 heteroatoms. The summed E-state index contributed by atoms with van der Waals surface area (Å²) in [5, 5.41) is 6.42. The number of hydrogen-bond donors (Lipinski definition) is 3. The number of imidazole rings is 1. The summed E-state index contributed by atoms with van der Waals surface area (Å²) in [6.07, 6.45) is 3.91. The van der Waals surface area contributed by atoms with E-state index in [9.17, 15) is 22.8 Å². The summed E-state index contributed by atoms with van der Waals surface area (Å²) in [5.41, 5.74) is 1.28. The number of benzene rings is 2. The number of aromatic nitrogens is 2. The third kappa shape index (κ3) is 6.98. The number of nitrogens with one attached hydrogen (secondary N) is 3. The minimum atomic E-state index is -3.72. The van der Waals surface area contributed by atoms with Gasteiger partial charge in [0.15, 0.2) is 0 Å². The van der Waals surface area contributed by atoms with Gasteiger partial charge < -0.3 is 15.5 Å². The highest BCUT2D eigenvalue weighted by Crippen LogP contribution is 2.34. The number of hydrogen-bond acceptors (Lipinski definition) is 6. The molecule has 1 unspecified atom stereocenters. The first kappa shape index (κ1) is 31.7. The third-order valence-electron chi connectivity index (χ3n) is 8.46. The maximum atomic E-state index is 14.5. The van der Waals surface area contributed by atoms with Crippen molar-refractivity contribution >= 4 is 21.8 Å². The van der Waals surface area contributed by atoms with Crippen LogP contribution in [0.4, 0.5) is 0 Å². The second-order valence-corrected chi connectivity index (χ2v) is 13.1. The topological polar surface area (TPSA) is 135 Å². The molecule has 236 valence electrons. The molecule has 2 fully saturated rings. The predicted octanol–water partition coefficient (Wildman–Crippen LogP) is 2.74. The van der Waals surface area contributed by atoms with Crippen LogP contribution in [0.3, 0.4) is 0 Å². The maximum absolute atomic E-state index is 14.5. The van der Waals surface area contributed by atoms with Gasteiger partial charge in [-0.15, -0.1) is 0 Å². The van der Waals surface area contributed by atoms with Gasteiger partial charge in [-0.1, -0.05) is 68.3 Å². The van der Waals surface area contributed by atoms with E-state index in [-0.39, 0.29) is 47.6 Å². The lowest BCUT2D eigenvalue weighted by Crippen LogP contribution is -2.47. The standard InChI is InChI=1S/C32H42N6O5S/c1-2-28(39)35-26-16-9-10-17-27(26)38-29(24-12-5-3-6-13-24)30(31(40)36-22-19-33-20-23-36)37(32(38)41)21-11-18-34-44(42,43)25-14-7-4-8-15-25/h3-8,12-15,26-27,33-34H,2,9-11,16-23H2,1H3,(H,35,39)/t26-,27?/m0/s1. The summed E-state index contributed by atoms with van der Waals surface area (Å²) in [7, 11) is -3.72. The van der Waals surface area contributed by atoms with Crippen LogP contribution in [0, 0.1) is 0 Å². The predicted molar refractivity (Wildman–Crippen MR) is 169 cm³/mol. The number of nitrogens with zero attached hydrogens (tertiary/aromatic N) is 3. The van der Waals surface area contributed by atoms with Crippen molar-refractivity contribution in [3.05, 3.63) is 76.8 Å². The second kappa shape index (κ2) is 14.4. The van der Waals surface area contributed by atoms with Gasteiger partial charge >= 0.3 is 5.69 Å². The van der Waals surface area contributed by atoms with E-state index in [4.69, 9.17) is 0 Å². The molecule has 0 bridgehead atoms. The first-order valence-corrected chi connectivity index (χ1v) is 17.0. The van der Waals surface area contributed by atoms with Crippen molar-refractivity contribution in [2.45, 2.75) is 69.0 Å². The van der Waals surface area contributed by atoms with Crippen molar-refractivity contribution in [1.82, 2.24) is 29.4 Å². The van der Waals surface area contributed by atoms with Crippen molar-refractivity contribution in [3.8, 4) is 11.3 Å². The molecule has 2 heterocycles. The van der Waals surface area contributed by atoms with E-state index in [2.05, 4.69) is 15.4 Å². The Morgan fingerprint density at radius 2 is 1.61 bits per heavy atom. The van der Waals surface area contributed by atoms with Gasteiger partial charge in [-0.25, -0.2) is 17.9 Å². The summed E-state index contributed by atoms with van der Waals surface area (Å²) in [6.45, 7) is 4.40. The van der Waals surface area contributed by atoms with E-state index in [1.807, 2.05) is 37.3 Å². The summed E-state index contributed by atoms with van der Waals surface area (Å²) in [5.74, 6) is -0.297. The molecule has 3 N–H and O–H groups in total. The molecule has 2 aromatic carbocycles. The van der Waals surface area contributed by atoms with Gasteiger partial charge in [0.25, 0.3) is 5.91 Å². The fraction of sp³-hybridized carbons (Fsp3) is 0.469. The van der Waals surface area contributed by atoms with E-state index >= 15 is 0 Å². The Bertz CT molecular complexity index is 1600. The Morgan fingerprint density at radius 3 is 2.30 bits per heavy atom. The Hall–Kier alpha value is -3.74. The minimum Gasteiger partial charge on any atom is -0.351 e. The normalized spacial score (nSPS) is 19.1. The molecule has 0 spiro atoms. The molecule has 1 aromatic heterocycles. The van der Waals surface area contributed by atoms with Gasteiger partial charge in [-0.05, 0) is 31.4 Å². The molecule has 11 nitrogen and oxygen atoms in total. The van der Waals surface area contributed by atoms with Crippen LogP contribution in [-0.4, -0.2) is 73.0 Å². The smallest absolute Gasteiger partial charge is 0.329 e. The number of amides is 2. The summed E-state index contributed by atoms with van der Waals surface area (Å²) in [6, 6.07) is 17.0. The Balaban J connectivity index is 1.56. The first-order valence-electron chi connectivity index (χ1n) is 15.6. The third-order valence-corrected chi connectivity index (χ3v) is 9.94. The van der Waals surface area contributed by atoms with Gasteiger partial charge in [0.05, 0.1) is 16.6 Å². The Labute approximate surface area is 258 Å². The van der Waals surface area contributed by atoms with Gasteiger partial charge in [0.1, 0.15) is 5.69 Å². The molecule has 0 radical (unpaired) electrons. The average Bonchev–Trinajstić information content (AvgIpc) is 3.35. The van der Waals surface area contributed by atoms with Crippen LogP contribution in [-0.2, 0) is 21.4 Å². The highest BCUT2D eigenvalue weighted by atomic mass is 32.2. The number of piperazine rings is 1. The van der Waals surface area contributed by atoms with Crippen LogP contribution in [0.15, 0.2) is 70.4 Å². The van der Waals surface area contributed by atoms with Gasteiger partial charge in [-0.3, -0.25) is 18.7 Å². The van der Waals surface area contributed by atoms with Crippen LogP contribution in [0.2, 0.25) is 0 Å². The molecule has 1 saturated carbocycles.